The molecular weight excluding hydrogens is 344 g/mol. The Bertz CT molecular complexity index is 1100. The number of phenolic OH excluding ortho intramolecular Hbond substituents is 1. The number of phenols is 1. The molecule has 0 atom stereocenters. The Labute approximate surface area is 155 Å². The Balaban J connectivity index is 1.90. The first-order valence-corrected chi connectivity index (χ1v) is 8.32. The predicted molar refractivity (Wildman–Crippen MR) is 102 cm³/mol. The third-order valence-corrected chi connectivity index (χ3v) is 4.46. The van der Waals surface area contributed by atoms with Gasteiger partial charge in [0.05, 0.1) is 31.1 Å². The Morgan fingerprint density at radius 3 is 2.37 bits per heavy atom. The van der Waals surface area contributed by atoms with E-state index in [4.69, 9.17) is 14.5 Å². The molecule has 0 aliphatic rings. The zero-order valence-electron chi connectivity index (χ0n) is 15.2. The molecule has 7 nitrogen and oxygen atoms in total. The summed E-state index contributed by atoms with van der Waals surface area (Å²) in [5, 5.41) is 15.4. The fraction of sp³-hybridized carbons (Fsp3) is 0.150. The van der Waals surface area contributed by atoms with Crippen LogP contribution in [-0.4, -0.2) is 39.1 Å². The molecule has 0 radical (unpaired) electrons. The second kappa shape index (κ2) is 6.60. The fourth-order valence-corrected chi connectivity index (χ4v) is 3.06. The second-order valence-electron chi connectivity index (χ2n) is 6.10. The molecule has 0 amide bonds. The summed E-state index contributed by atoms with van der Waals surface area (Å²) in [7, 11) is 3.00. The number of ether oxygens (including phenoxy) is 2. The monoisotopic (exact) mass is 362 g/mol. The largest absolute Gasteiger partial charge is 0.502 e. The van der Waals surface area contributed by atoms with Crippen LogP contribution in [0.1, 0.15) is 5.56 Å². The van der Waals surface area contributed by atoms with Crippen LogP contribution >= 0.6 is 0 Å². The molecule has 0 spiro atoms. The van der Waals surface area contributed by atoms with Crippen molar-refractivity contribution in [3.63, 3.8) is 0 Å². The molecule has 2 heterocycles. The molecule has 0 saturated heterocycles. The van der Waals surface area contributed by atoms with Crippen molar-refractivity contribution >= 4 is 10.9 Å². The van der Waals surface area contributed by atoms with Crippen LogP contribution in [0, 0.1) is 6.92 Å². The van der Waals surface area contributed by atoms with Crippen molar-refractivity contribution in [3.8, 4) is 34.2 Å². The topological polar surface area (TPSA) is 82.3 Å². The number of aromatic nitrogens is 4. The molecule has 0 aliphatic carbocycles. The molecule has 136 valence electrons. The standard InChI is InChI=1S/C20H18N4O3/c1-12-6-16(13-7-18(26-2)20(25)19(8-13)27-3)23-17-9-14(4-5-15(12)17)24-11-21-10-22-24/h4-11,25H,1-3H3. The molecule has 0 aliphatic heterocycles. The lowest BCUT2D eigenvalue weighted by molar-refractivity contribution is 0.340. The van der Waals surface area contributed by atoms with E-state index in [0.29, 0.717) is 11.5 Å². The molecule has 27 heavy (non-hydrogen) atoms. The average Bonchev–Trinajstić information content (AvgIpc) is 3.22. The molecule has 0 fully saturated rings. The minimum Gasteiger partial charge on any atom is -0.502 e. The summed E-state index contributed by atoms with van der Waals surface area (Å²) in [4.78, 5) is 8.79. The molecule has 4 aromatic rings. The van der Waals surface area contributed by atoms with Gasteiger partial charge >= 0.3 is 0 Å². The van der Waals surface area contributed by atoms with E-state index in [1.807, 2.05) is 31.2 Å². The Morgan fingerprint density at radius 2 is 1.74 bits per heavy atom. The number of aromatic hydroxyl groups is 1. The van der Waals surface area contributed by atoms with Crippen molar-refractivity contribution < 1.29 is 14.6 Å². The van der Waals surface area contributed by atoms with E-state index in [-0.39, 0.29) is 5.75 Å². The molecule has 7 heteroatoms. The van der Waals surface area contributed by atoms with Crippen LogP contribution in [0.2, 0.25) is 0 Å². The van der Waals surface area contributed by atoms with Crippen molar-refractivity contribution in [2.75, 3.05) is 14.2 Å². The third kappa shape index (κ3) is 2.93. The van der Waals surface area contributed by atoms with Gasteiger partial charge in [0, 0.05) is 10.9 Å². The van der Waals surface area contributed by atoms with Crippen LogP contribution in [-0.2, 0) is 0 Å². The molecule has 2 aromatic carbocycles. The van der Waals surface area contributed by atoms with Crippen molar-refractivity contribution in [2.45, 2.75) is 6.92 Å². The lowest BCUT2D eigenvalue weighted by atomic mass is 10.0. The molecule has 0 saturated carbocycles. The second-order valence-corrected chi connectivity index (χ2v) is 6.10. The van der Waals surface area contributed by atoms with Crippen molar-refractivity contribution in [1.82, 2.24) is 19.7 Å². The Morgan fingerprint density at radius 1 is 1.00 bits per heavy atom. The van der Waals surface area contributed by atoms with Crippen LogP contribution in [0.3, 0.4) is 0 Å². The van der Waals surface area contributed by atoms with Crippen LogP contribution in [0.25, 0.3) is 27.8 Å². The van der Waals surface area contributed by atoms with Crippen LogP contribution < -0.4 is 9.47 Å². The van der Waals surface area contributed by atoms with E-state index >= 15 is 0 Å². The molecule has 1 N–H and O–H groups in total. The number of hydrogen-bond donors (Lipinski definition) is 1. The van der Waals surface area contributed by atoms with Gasteiger partial charge in [0.1, 0.15) is 12.7 Å². The van der Waals surface area contributed by atoms with Gasteiger partial charge < -0.3 is 14.6 Å². The van der Waals surface area contributed by atoms with Gasteiger partial charge in [-0.25, -0.2) is 14.6 Å². The van der Waals surface area contributed by atoms with Gasteiger partial charge in [0.25, 0.3) is 0 Å². The number of aryl methyl sites for hydroxylation is 1. The van der Waals surface area contributed by atoms with E-state index in [1.54, 1.807) is 23.1 Å². The van der Waals surface area contributed by atoms with Gasteiger partial charge in [-0.2, -0.15) is 5.10 Å². The average molecular weight is 362 g/mol. The molecule has 4 rings (SSSR count). The van der Waals surface area contributed by atoms with Crippen LogP contribution in [0.4, 0.5) is 0 Å². The number of rotatable bonds is 4. The SMILES string of the molecule is COc1cc(-c2cc(C)c3ccc(-n4cncn4)cc3n2)cc(OC)c1O. The molecular formula is C20H18N4O3. The summed E-state index contributed by atoms with van der Waals surface area (Å²) < 4.78 is 12.2. The number of pyridine rings is 1. The summed E-state index contributed by atoms with van der Waals surface area (Å²) >= 11 is 0. The number of benzene rings is 2. The summed E-state index contributed by atoms with van der Waals surface area (Å²) in [6.45, 7) is 2.04. The van der Waals surface area contributed by atoms with Gasteiger partial charge in [-0.05, 0) is 42.8 Å². The summed E-state index contributed by atoms with van der Waals surface area (Å²) in [5.74, 6) is 0.635. The number of methoxy groups -OCH3 is 2. The maximum absolute atomic E-state index is 10.1. The zero-order valence-corrected chi connectivity index (χ0v) is 15.2. The summed E-state index contributed by atoms with van der Waals surface area (Å²) in [6.07, 6.45) is 3.14. The van der Waals surface area contributed by atoms with E-state index in [0.717, 1.165) is 33.4 Å². The zero-order chi connectivity index (χ0) is 19.0. The Kier molecular flexibility index (Phi) is 4.12. The highest BCUT2D eigenvalue weighted by atomic mass is 16.5. The quantitative estimate of drug-likeness (QED) is 0.598. The molecule has 0 unspecified atom stereocenters. The highest BCUT2D eigenvalue weighted by molar-refractivity contribution is 5.87. The van der Waals surface area contributed by atoms with Gasteiger partial charge in [0.15, 0.2) is 11.5 Å². The van der Waals surface area contributed by atoms with Gasteiger partial charge in [-0.15, -0.1) is 0 Å². The van der Waals surface area contributed by atoms with Crippen LogP contribution in [0.15, 0.2) is 49.1 Å². The highest BCUT2D eigenvalue weighted by Crippen LogP contribution is 2.40. The first kappa shape index (κ1) is 16.8. The number of fused-ring (bicyclic) bond motifs is 1. The lowest BCUT2D eigenvalue weighted by Gasteiger charge is -2.13. The summed E-state index contributed by atoms with van der Waals surface area (Å²) in [6, 6.07) is 11.5. The smallest absolute Gasteiger partial charge is 0.200 e. The third-order valence-electron chi connectivity index (χ3n) is 4.46. The van der Waals surface area contributed by atoms with Gasteiger partial charge in [-0.3, -0.25) is 0 Å². The maximum atomic E-state index is 10.1. The normalized spacial score (nSPS) is 10.9. The van der Waals surface area contributed by atoms with Crippen molar-refractivity contribution in [3.05, 3.63) is 54.6 Å². The lowest BCUT2D eigenvalue weighted by Crippen LogP contribution is -1.96. The van der Waals surface area contributed by atoms with Crippen molar-refractivity contribution in [2.24, 2.45) is 0 Å². The first-order valence-electron chi connectivity index (χ1n) is 8.32. The van der Waals surface area contributed by atoms with Gasteiger partial charge in [-0.1, -0.05) is 6.07 Å². The van der Waals surface area contributed by atoms with E-state index < -0.39 is 0 Å². The Hall–Kier alpha value is -3.61. The minimum atomic E-state index is -0.0327. The van der Waals surface area contributed by atoms with Gasteiger partial charge in [0.2, 0.25) is 5.75 Å². The predicted octanol–water partition coefficient (Wildman–Crippen LogP) is 3.51. The van der Waals surface area contributed by atoms with E-state index in [2.05, 4.69) is 10.1 Å². The number of hydrogen-bond acceptors (Lipinski definition) is 6. The van der Waals surface area contributed by atoms with Crippen molar-refractivity contribution in [1.29, 1.82) is 0 Å². The maximum Gasteiger partial charge on any atom is 0.200 e. The van der Waals surface area contributed by atoms with E-state index in [9.17, 15) is 5.11 Å². The molecule has 0 bridgehead atoms. The summed E-state index contributed by atoms with van der Waals surface area (Å²) in [5.41, 5.74) is 4.35. The number of nitrogens with zero attached hydrogens (tertiary/aromatic N) is 4. The first-order chi connectivity index (χ1) is 13.1. The molecule has 2 aromatic heterocycles. The minimum absolute atomic E-state index is 0.0327. The highest BCUT2D eigenvalue weighted by Gasteiger charge is 2.14. The van der Waals surface area contributed by atoms with E-state index in [1.165, 1.54) is 20.5 Å². The fourth-order valence-electron chi connectivity index (χ4n) is 3.06. The van der Waals surface area contributed by atoms with Crippen LogP contribution in [0.5, 0.6) is 17.2 Å².